The molecule has 1 aromatic rings. The molecule has 1 aromatic carbocycles. The molecule has 2 aliphatic heterocycles. The summed E-state index contributed by atoms with van der Waals surface area (Å²) in [5, 5.41) is 5.58. The molecule has 26 heavy (non-hydrogen) atoms. The normalized spacial score (nSPS) is 23.5. The van der Waals surface area contributed by atoms with E-state index in [0.29, 0.717) is 30.5 Å². The van der Waals surface area contributed by atoms with Crippen LogP contribution < -0.4 is 10.6 Å². The van der Waals surface area contributed by atoms with Gasteiger partial charge in [0.05, 0.1) is 18.2 Å². The number of amides is 2. The van der Waals surface area contributed by atoms with Crippen LogP contribution in [0, 0.1) is 0 Å². The second kappa shape index (κ2) is 8.36. The van der Waals surface area contributed by atoms with Crippen LogP contribution in [0.5, 0.6) is 0 Å². The number of carbonyl (C=O) groups excluding carboxylic acids is 2. The summed E-state index contributed by atoms with van der Waals surface area (Å²) in [6.45, 7) is 5.44. The minimum atomic E-state index is -0.360. The number of urea groups is 1. The van der Waals surface area contributed by atoms with Gasteiger partial charge in [-0.15, -0.1) is 0 Å². The molecule has 0 aromatic heterocycles. The Labute approximate surface area is 154 Å². The van der Waals surface area contributed by atoms with Gasteiger partial charge in [-0.1, -0.05) is 30.3 Å². The van der Waals surface area contributed by atoms with E-state index in [0.717, 1.165) is 25.8 Å². The zero-order chi connectivity index (χ0) is 18.5. The van der Waals surface area contributed by atoms with Crippen molar-refractivity contribution in [3.63, 3.8) is 0 Å². The van der Waals surface area contributed by atoms with Crippen molar-refractivity contribution in [1.82, 2.24) is 15.5 Å². The third-order valence-electron chi connectivity index (χ3n) is 5.04. The molecule has 1 saturated heterocycles. The molecule has 140 valence electrons. The number of hydrogen-bond donors (Lipinski definition) is 2. The molecular weight excluding hydrogens is 330 g/mol. The SMILES string of the molecule is CCOC(=O)C1=C(CN2CCC[C@H]2Cc2ccccc2)NC(=O)N[C@@H]1C. The highest BCUT2D eigenvalue weighted by Crippen LogP contribution is 2.24. The van der Waals surface area contributed by atoms with Crippen LogP contribution in [0.1, 0.15) is 32.3 Å². The fraction of sp³-hybridized carbons (Fsp3) is 0.500. The maximum atomic E-state index is 12.4. The minimum absolute atomic E-state index is 0.264. The van der Waals surface area contributed by atoms with Gasteiger partial charge in [-0.3, -0.25) is 4.90 Å². The van der Waals surface area contributed by atoms with Crippen molar-refractivity contribution in [2.24, 2.45) is 0 Å². The number of ether oxygens (including phenoxy) is 1. The molecule has 2 atom stereocenters. The van der Waals surface area contributed by atoms with Crippen LogP contribution in [0.3, 0.4) is 0 Å². The average Bonchev–Trinajstić information content (AvgIpc) is 3.02. The third-order valence-corrected chi connectivity index (χ3v) is 5.04. The van der Waals surface area contributed by atoms with Gasteiger partial charge in [0.15, 0.2) is 0 Å². The van der Waals surface area contributed by atoms with Crippen molar-refractivity contribution in [1.29, 1.82) is 0 Å². The predicted molar refractivity (Wildman–Crippen MR) is 99.5 cm³/mol. The number of benzene rings is 1. The first kappa shape index (κ1) is 18.5. The van der Waals surface area contributed by atoms with Gasteiger partial charge in [-0.25, -0.2) is 9.59 Å². The fourth-order valence-corrected chi connectivity index (χ4v) is 3.83. The molecule has 0 unspecified atom stereocenters. The zero-order valence-corrected chi connectivity index (χ0v) is 15.5. The van der Waals surface area contributed by atoms with Gasteiger partial charge < -0.3 is 15.4 Å². The summed E-state index contributed by atoms with van der Waals surface area (Å²) in [5.74, 6) is -0.360. The van der Waals surface area contributed by atoms with Gasteiger partial charge in [-0.2, -0.15) is 0 Å². The number of carbonyl (C=O) groups is 2. The van der Waals surface area contributed by atoms with Crippen LogP contribution in [-0.2, 0) is 16.0 Å². The van der Waals surface area contributed by atoms with Gasteiger partial charge in [0.25, 0.3) is 0 Å². The minimum Gasteiger partial charge on any atom is -0.463 e. The molecule has 0 spiro atoms. The topological polar surface area (TPSA) is 70.7 Å². The number of rotatable bonds is 6. The first-order chi connectivity index (χ1) is 12.6. The molecule has 0 radical (unpaired) electrons. The molecule has 0 aliphatic carbocycles. The summed E-state index contributed by atoms with van der Waals surface area (Å²) in [5.41, 5.74) is 2.50. The molecule has 2 amide bonds. The Hall–Kier alpha value is -2.34. The lowest BCUT2D eigenvalue weighted by atomic mass is 10.0. The lowest BCUT2D eigenvalue weighted by molar-refractivity contribution is -0.139. The Kier molecular flexibility index (Phi) is 5.93. The van der Waals surface area contributed by atoms with Crippen LogP contribution in [0.15, 0.2) is 41.6 Å². The van der Waals surface area contributed by atoms with E-state index >= 15 is 0 Å². The Morgan fingerprint density at radius 1 is 1.31 bits per heavy atom. The fourth-order valence-electron chi connectivity index (χ4n) is 3.83. The van der Waals surface area contributed by atoms with Gasteiger partial charge in [-0.05, 0) is 45.2 Å². The van der Waals surface area contributed by atoms with Crippen molar-refractivity contribution < 1.29 is 14.3 Å². The summed E-state index contributed by atoms with van der Waals surface area (Å²) < 4.78 is 5.20. The molecular formula is C20H27N3O3. The van der Waals surface area contributed by atoms with E-state index in [1.54, 1.807) is 6.92 Å². The van der Waals surface area contributed by atoms with E-state index in [1.807, 2.05) is 13.0 Å². The summed E-state index contributed by atoms with van der Waals surface area (Å²) in [6, 6.07) is 10.2. The largest absolute Gasteiger partial charge is 0.463 e. The Morgan fingerprint density at radius 2 is 2.08 bits per heavy atom. The Morgan fingerprint density at radius 3 is 2.81 bits per heavy atom. The quantitative estimate of drug-likeness (QED) is 0.766. The van der Waals surface area contributed by atoms with Crippen molar-refractivity contribution >= 4 is 12.0 Å². The van der Waals surface area contributed by atoms with Crippen molar-refractivity contribution in [2.75, 3.05) is 19.7 Å². The van der Waals surface area contributed by atoms with Crippen LogP contribution in [0.2, 0.25) is 0 Å². The number of hydrogen-bond acceptors (Lipinski definition) is 4. The van der Waals surface area contributed by atoms with Crippen LogP contribution in [0.25, 0.3) is 0 Å². The molecule has 2 heterocycles. The van der Waals surface area contributed by atoms with Crippen LogP contribution in [-0.4, -0.2) is 48.7 Å². The Balaban J connectivity index is 1.78. The number of esters is 1. The monoisotopic (exact) mass is 357 g/mol. The highest BCUT2D eigenvalue weighted by atomic mass is 16.5. The number of likely N-dealkylation sites (tertiary alicyclic amines) is 1. The van der Waals surface area contributed by atoms with Gasteiger partial charge >= 0.3 is 12.0 Å². The van der Waals surface area contributed by atoms with E-state index in [4.69, 9.17) is 4.74 Å². The van der Waals surface area contributed by atoms with Crippen molar-refractivity contribution in [2.45, 2.75) is 45.2 Å². The molecule has 0 bridgehead atoms. The van der Waals surface area contributed by atoms with E-state index in [9.17, 15) is 9.59 Å². The summed E-state index contributed by atoms with van der Waals surface area (Å²) >= 11 is 0. The molecule has 0 saturated carbocycles. The molecule has 2 N–H and O–H groups in total. The van der Waals surface area contributed by atoms with E-state index in [2.05, 4.69) is 39.8 Å². The lowest BCUT2D eigenvalue weighted by Gasteiger charge is -2.31. The molecule has 1 fully saturated rings. The van der Waals surface area contributed by atoms with E-state index in [-0.39, 0.29) is 18.0 Å². The highest BCUT2D eigenvalue weighted by Gasteiger charge is 2.33. The predicted octanol–water partition coefficient (Wildman–Crippen LogP) is 2.21. The van der Waals surface area contributed by atoms with Gasteiger partial charge in [0.2, 0.25) is 0 Å². The summed E-state index contributed by atoms with van der Waals surface area (Å²) in [7, 11) is 0. The number of nitrogens with zero attached hydrogens (tertiary/aromatic N) is 1. The number of nitrogens with one attached hydrogen (secondary N) is 2. The van der Waals surface area contributed by atoms with Gasteiger partial charge in [0.1, 0.15) is 0 Å². The van der Waals surface area contributed by atoms with Crippen molar-refractivity contribution in [3.8, 4) is 0 Å². The zero-order valence-electron chi connectivity index (χ0n) is 15.5. The standard InChI is InChI=1S/C20H27N3O3/c1-3-26-19(24)18-14(2)21-20(25)22-17(18)13-23-11-7-10-16(23)12-15-8-5-4-6-9-15/h4-6,8-9,14,16H,3,7,10-13H2,1-2H3,(H2,21,22,25)/t14-,16+/m1/s1. The van der Waals surface area contributed by atoms with Gasteiger partial charge in [0, 0.05) is 18.3 Å². The Bertz CT molecular complexity index is 687. The maximum absolute atomic E-state index is 12.4. The highest BCUT2D eigenvalue weighted by molar-refractivity contribution is 5.94. The second-order valence-corrected chi connectivity index (χ2v) is 6.89. The molecule has 6 heteroatoms. The average molecular weight is 357 g/mol. The first-order valence-corrected chi connectivity index (χ1v) is 9.34. The summed E-state index contributed by atoms with van der Waals surface area (Å²) in [6.07, 6.45) is 3.23. The van der Waals surface area contributed by atoms with E-state index < -0.39 is 0 Å². The van der Waals surface area contributed by atoms with Crippen LogP contribution >= 0.6 is 0 Å². The summed E-state index contributed by atoms with van der Waals surface area (Å²) in [4.78, 5) is 26.7. The smallest absolute Gasteiger partial charge is 0.337 e. The second-order valence-electron chi connectivity index (χ2n) is 6.89. The maximum Gasteiger partial charge on any atom is 0.337 e. The van der Waals surface area contributed by atoms with E-state index in [1.165, 1.54) is 5.56 Å². The molecule has 6 nitrogen and oxygen atoms in total. The first-order valence-electron chi connectivity index (χ1n) is 9.34. The lowest BCUT2D eigenvalue weighted by Crippen LogP contribution is -2.51. The molecule has 3 rings (SSSR count). The molecule has 2 aliphatic rings. The van der Waals surface area contributed by atoms with Crippen molar-refractivity contribution in [3.05, 3.63) is 47.2 Å². The van der Waals surface area contributed by atoms with Crippen LogP contribution in [0.4, 0.5) is 4.79 Å². The third kappa shape index (κ3) is 4.25.